The van der Waals surface area contributed by atoms with Crippen molar-refractivity contribution in [2.24, 2.45) is 0 Å². The number of piperazine rings is 1. The summed E-state index contributed by atoms with van der Waals surface area (Å²) in [6, 6.07) is 29.4. The Bertz CT molecular complexity index is 1160. The molecule has 0 bridgehead atoms. The molecule has 186 valence electrons. The Morgan fingerprint density at radius 3 is 2.08 bits per heavy atom. The van der Waals surface area contributed by atoms with Gasteiger partial charge in [0.1, 0.15) is 0 Å². The molecule has 3 aromatic rings. The Morgan fingerprint density at radius 1 is 0.861 bits per heavy atom. The van der Waals surface area contributed by atoms with Crippen molar-refractivity contribution in [1.29, 1.82) is 0 Å². The number of halogens is 1. The summed E-state index contributed by atoms with van der Waals surface area (Å²) in [5, 5.41) is 0. The smallest absolute Gasteiger partial charge is 0.293 e. The van der Waals surface area contributed by atoms with E-state index < -0.39 is 5.79 Å². The largest absolute Gasteiger partial charge is 0.336 e. The quantitative estimate of drug-likeness (QED) is 0.472. The van der Waals surface area contributed by atoms with Crippen LogP contribution in [0, 0.1) is 0 Å². The van der Waals surface area contributed by atoms with Gasteiger partial charge in [-0.05, 0) is 17.2 Å². The van der Waals surface area contributed by atoms with Crippen LogP contribution in [-0.4, -0.2) is 67.1 Å². The Hall–Kier alpha value is -2.74. The van der Waals surface area contributed by atoms with Gasteiger partial charge in [0.2, 0.25) is 0 Å². The van der Waals surface area contributed by atoms with E-state index in [4.69, 9.17) is 21.1 Å². The van der Waals surface area contributed by atoms with Crippen LogP contribution in [0.4, 0.5) is 5.69 Å². The van der Waals surface area contributed by atoms with E-state index in [0.717, 1.165) is 37.4 Å². The van der Waals surface area contributed by atoms with Gasteiger partial charge in [-0.1, -0.05) is 78.9 Å². The number of anilines is 1. The van der Waals surface area contributed by atoms with Gasteiger partial charge >= 0.3 is 0 Å². The van der Waals surface area contributed by atoms with Gasteiger partial charge in [0.15, 0.2) is 0 Å². The van der Waals surface area contributed by atoms with Gasteiger partial charge in [-0.2, -0.15) is 0 Å². The van der Waals surface area contributed by atoms with E-state index in [0.29, 0.717) is 19.2 Å². The maximum atomic E-state index is 13.7. The third kappa shape index (κ3) is 4.13. The fourth-order valence-corrected chi connectivity index (χ4v) is 5.77. The van der Waals surface area contributed by atoms with Crippen LogP contribution in [0.1, 0.15) is 22.7 Å². The average molecular weight is 504 g/mol. The first-order valence-electron chi connectivity index (χ1n) is 12.5. The molecule has 6 nitrogen and oxygen atoms in total. The number of carbonyl (C=O) groups excluding carboxylic acids is 1. The van der Waals surface area contributed by atoms with Crippen molar-refractivity contribution < 1.29 is 14.3 Å². The number of nitrogens with zero attached hydrogens (tertiary/aromatic N) is 3. The first-order chi connectivity index (χ1) is 17.7. The van der Waals surface area contributed by atoms with Crippen LogP contribution in [0.3, 0.4) is 0 Å². The summed E-state index contributed by atoms with van der Waals surface area (Å²) in [4.78, 5) is 20.3. The fraction of sp³-hybridized carbons (Fsp3) is 0.345. The molecular formula is C29H30ClN3O3. The van der Waals surface area contributed by atoms with Gasteiger partial charge in [-0.15, -0.1) is 11.6 Å². The van der Waals surface area contributed by atoms with Crippen molar-refractivity contribution in [3.05, 3.63) is 102 Å². The first kappa shape index (κ1) is 23.6. The first-order valence-corrected chi connectivity index (χ1v) is 13.1. The van der Waals surface area contributed by atoms with Crippen molar-refractivity contribution in [3.63, 3.8) is 0 Å². The summed E-state index contributed by atoms with van der Waals surface area (Å²) in [7, 11) is 0. The summed E-state index contributed by atoms with van der Waals surface area (Å²) in [6.45, 7) is 4.36. The number of para-hydroxylation sites is 1. The number of alkyl halides is 1. The minimum atomic E-state index is -1.37. The van der Waals surface area contributed by atoms with Crippen molar-refractivity contribution >= 4 is 23.2 Å². The summed E-state index contributed by atoms with van der Waals surface area (Å²) >= 11 is 6.02. The maximum Gasteiger partial charge on any atom is 0.293 e. The lowest BCUT2D eigenvalue weighted by Gasteiger charge is -2.41. The molecule has 3 aromatic carbocycles. The maximum absolute atomic E-state index is 13.7. The highest BCUT2D eigenvalue weighted by Gasteiger charge is 2.58. The highest BCUT2D eigenvalue weighted by molar-refractivity contribution is 6.18. The molecule has 2 saturated heterocycles. The van der Waals surface area contributed by atoms with Gasteiger partial charge in [-0.3, -0.25) is 19.5 Å². The second-order valence-electron chi connectivity index (χ2n) is 9.59. The number of rotatable bonds is 6. The molecule has 3 heterocycles. The summed E-state index contributed by atoms with van der Waals surface area (Å²) < 4.78 is 12.1. The zero-order valence-corrected chi connectivity index (χ0v) is 20.9. The molecule has 0 aromatic heterocycles. The average Bonchev–Trinajstić information content (AvgIpc) is 3.48. The zero-order chi connectivity index (χ0) is 24.5. The van der Waals surface area contributed by atoms with Crippen LogP contribution in [-0.2, 0) is 20.1 Å². The molecule has 0 saturated carbocycles. The molecule has 0 radical (unpaired) electrons. The number of fused-ring (bicyclic) bond motifs is 2. The third-order valence-electron chi connectivity index (χ3n) is 7.40. The van der Waals surface area contributed by atoms with Gasteiger partial charge in [-0.25, -0.2) is 0 Å². The van der Waals surface area contributed by atoms with Crippen molar-refractivity contribution in [2.45, 2.75) is 17.9 Å². The Morgan fingerprint density at radius 2 is 1.47 bits per heavy atom. The number of ether oxygens (including phenoxy) is 2. The van der Waals surface area contributed by atoms with E-state index in [9.17, 15) is 4.79 Å². The van der Waals surface area contributed by atoms with Gasteiger partial charge in [0.05, 0.1) is 37.0 Å². The van der Waals surface area contributed by atoms with Crippen molar-refractivity contribution in [3.8, 4) is 0 Å². The fourth-order valence-electron chi connectivity index (χ4n) is 5.62. The highest BCUT2D eigenvalue weighted by atomic mass is 35.5. The second-order valence-corrected chi connectivity index (χ2v) is 9.90. The molecule has 3 aliphatic rings. The van der Waals surface area contributed by atoms with Gasteiger partial charge in [0.25, 0.3) is 11.7 Å². The zero-order valence-electron chi connectivity index (χ0n) is 20.1. The molecule has 3 aliphatic heterocycles. The predicted octanol–water partition coefficient (Wildman–Crippen LogP) is 4.20. The van der Waals surface area contributed by atoms with Crippen LogP contribution in [0.2, 0.25) is 0 Å². The number of carbonyl (C=O) groups is 1. The van der Waals surface area contributed by atoms with Crippen LogP contribution in [0.15, 0.2) is 84.9 Å². The molecule has 1 spiro atoms. The minimum absolute atomic E-state index is 0.162. The van der Waals surface area contributed by atoms with Crippen molar-refractivity contribution in [1.82, 2.24) is 9.80 Å². The number of benzene rings is 3. The van der Waals surface area contributed by atoms with Crippen LogP contribution in [0.5, 0.6) is 0 Å². The van der Waals surface area contributed by atoms with E-state index in [1.54, 1.807) is 0 Å². The standard InChI is InChI=1S/C29H30ClN3O3/c30-19-24-20-35-29(36-24)25-13-7-8-14-26(25)33(28(29)34)21-31-15-17-32(18-16-31)27(22-9-3-1-4-10-22)23-11-5-2-6-12-23/h1-14,24,27H,15-21H2/t24-,29+/m0/s1. The molecule has 0 N–H and O–H groups in total. The van der Waals surface area contributed by atoms with Crippen LogP contribution in [0.25, 0.3) is 0 Å². The lowest BCUT2D eigenvalue weighted by Crippen LogP contribution is -2.53. The van der Waals surface area contributed by atoms with E-state index in [-0.39, 0.29) is 18.1 Å². The molecule has 0 unspecified atom stereocenters. The summed E-state index contributed by atoms with van der Waals surface area (Å²) in [5.74, 6) is -1.24. The Balaban J connectivity index is 1.18. The lowest BCUT2D eigenvalue weighted by molar-refractivity contribution is -0.185. The molecule has 36 heavy (non-hydrogen) atoms. The van der Waals surface area contributed by atoms with E-state index in [2.05, 4.69) is 70.5 Å². The molecule has 7 heteroatoms. The third-order valence-corrected chi connectivity index (χ3v) is 7.74. The normalized spacial score (nSPS) is 24.7. The lowest BCUT2D eigenvalue weighted by atomic mass is 9.96. The van der Waals surface area contributed by atoms with E-state index in [1.807, 2.05) is 29.2 Å². The SMILES string of the molecule is O=C1N(CN2CCN(C(c3ccccc3)c3ccccc3)CC2)c2ccccc2[C@]12OC[C@H](CCl)O2. The van der Waals surface area contributed by atoms with E-state index in [1.165, 1.54) is 11.1 Å². The number of hydrogen-bond donors (Lipinski definition) is 0. The van der Waals surface area contributed by atoms with Crippen LogP contribution < -0.4 is 4.90 Å². The molecule has 2 fully saturated rings. The number of amides is 1. The topological polar surface area (TPSA) is 45.3 Å². The van der Waals surface area contributed by atoms with Crippen molar-refractivity contribution in [2.75, 3.05) is 50.2 Å². The minimum Gasteiger partial charge on any atom is -0.336 e. The molecule has 1 amide bonds. The molecule has 0 aliphatic carbocycles. The monoisotopic (exact) mass is 503 g/mol. The van der Waals surface area contributed by atoms with Gasteiger partial charge < -0.3 is 9.47 Å². The summed E-state index contributed by atoms with van der Waals surface area (Å²) in [5.41, 5.74) is 4.22. The predicted molar refractivity (Wildman–Crippen MR) is 140 cm³/mol. The Kier molecular flexibility index (Phi) is 6.54. The number of hydrogen-bond acceptors (Lipinski definition) is 5. The van der Waals surface area contributed by atoms with Gasteiger partial charge in [0, 0.05) is 31.7 Å². The Labute approximate surface area is 217 Å². The molecule has 6 rings (SSSR count). The van der Waals surface area contributed by atoms with E-state index >= 15 is 0 Å². The second kappa shape index (κ2) is 9.96. The molecule has 2 atom stereocenters. The molecular weight excluding hydrogens is 474 g/mol. The van der Waals surface area contributed by atoms with Crippen LogP contribution >= 0.6 is 11.6 Å². The highest BCUT2D eigenvalue weighted by Crippen LogP contribution is 2.47. The summed E-state index contributed by atoms with van der Waals surface area (Å²) in [6.07, 6.45) is -0.292.